The molecule has 0 unspecified atom stereocenters. The summed E-state index contributed by atoms with van der Waals surface area (Å²) in [5, 5.41) is 0. The summed E-state index contributed by atoms with van der Waals surface area (Å²) in [5.41, 5.74) is 1.41. The molecule has 0 aliphatic rings. The first-order valence-electron chi connectivity index (χ1n) is 4.89. The molecule has 74 valence electrons. The summed E-state index contributed by atoms with van der Waals surface area (Å²) in [7, 11) is 1.59. The molecular weight excluding hydrogens is 180 g/mol. The van der Waals surface area contributed by atoms with Crippen LogP contribution in [0.1, 0.15) is 6.92 Å². The Balaban J connectivity index is 2.56. The first-order valence-corrected chi connectivity index (χ1v) is 4.44. The molecule has 0 atom stereocenters. The third-order valence-electron chi connectivity index (χ3n) is 1.89. The second-order valence-corrected chi connectivity index (χ2v) is 2.79. The van der Waals surface area contributed by atoms with Gasteiger partial charge in [0.15, 0.2) is 1.41 Å². The first kappa shape index (κ1) is 7.67. The van der Waals surface area contributed by atoms with Crippen molar-refractivity contribution in [1.82, 2.24) is 9.96 Å². The van der Waals surface area contributed by atoms with Crippen molar-refractivity contribution in [2.45, 2.75) is 6.92 Å². The summed E-state index contributed by atoms with van der Waals surface area (Å²) in [6, 6.07) is 5.69. The van der Waals surface area contributed by atoms with Crippen LogP contribution in [-0.4, -0.2) is 23.7 Å². The van der Waals surface area contributed by atoms with Gasteiger partial charge in [0.05, 0.1) is 24.8 Å². The van der Waals surface area contributed by atoms with Crippen LogP contribution in [0.2, 0.25) is 1.41 Å². The number of benzene rings is 1. The number of imidazole rings is 1. The van der Waals surface area contributed by atoms with E-state index in [-0.39, 0.29) is 0 Å². The molecule has 4 heteroatoms. The van der Waals surface area contributed by atoms with Crippen LogP contribution < -0.4 is 9.47 Å². The molecule has 1 aromatic carbocycles. The Hall–Kier alpha value is -1.71. The number of fused-ring (bicyclic) bond motifs is 1. The highest BCUT2D eigenvalue weighted by Crippen LogP contribution is 2.20. The minimum absolute atomic E-state index is 0.306. The lowest BCUT2D eigenvalue weighted by molar-refractivity contribution is 0.317. The quantitative estimate of drug-likeness (QED) is 0.810. The average Bonchev–Trinajstić information content (AvgIpc) is 2.56. The summed E-state index contributed by atoms with van der Waals surface area (Å²) in [6.45, 7) is 2.36. The van der Waals surface area contributed by atoms with Gasteiger partial charge < -0.3 is 14.5 Å². The highest BCUT2D eigenvalue weighted by Gasteiger charge is 2.03. The summed E-state index contributed by atoms with van der Waals surface area (Å²) >= 11 is 0. The van der Waals surface area contributed by atoms with E-state index in [4.69, 9.17) is 10.9 Å². The van der Waals surface area contributed by atoms with E-state index < -0.39 is 0 Å². The second-order valence-electron chi connectivity index (χ2n) is 2.79. The van der Waals surface area contributed by atoms with Gasteiger partial charge in [0.2, 0.25) is 0 Å². The molecule has 1 heterocycles. The van der Waals surface area contributed by atoms with Crippen LogP contribution in [0.4, 0.5) is 0 Å². The van der Waals surface area contributed by atoms with Crippen LogP contribution in [0.25, 0.3) is 11.0 Å². The molecule has 0 radical (unpaired) electrons. The number of ether oxygens (including phenoxy) is 2. The van der Waals surface area contributed by atoms with Crippen molar-refractivity contribution in [3.05, 3.63) is 18.2 Å². The molecule has 0 fully saturated rings. The minimum atomic E-state index is 0.306. The van der Waals surface area contributed by atoms with Crippen molar-refractivity contribution >= 4 is 11.0 Å². The van der Waals surface area contributed by atoms with Gasteiger partial charge >= 0.3 is 0 Å². The molecule has 0 spiro atoms. The largest absolute Gasteiger partial charge is 0.497 e. The Morgan fingerprint density at radius 2 is 2.43 bits per heavy atom. The van der Waals surface area contributed by atoms with E-state index in [2.05, 4.69) is 4.98 Å². The third kappa shape index (κ3) is 1.51. The zero-order chi connectivity index (χ0) is 10.8. The van der Waals surface area contributed by atoms with Gasteiger partial charge in [-0.05, 0) is 19.1 Å². The number of nitrogens with one attached hydrogen (secondary N) is 1. The normalized spacial score (nSPS) is 11.4. The molecule has 0 saturated carbocycles. The van der Waals surface area contributed by atoms with Gasteiger partial charge in [0.25, 0.3) is 6.01 Å². The van der Waals surface area contributed by atoms with Crippen molar-refractivity contribution in [3.63, 3.8) is 0 Å². The molecule has 0 saturated heterocycles. The standard InChI is InChI=1S/C10H12N2O2/c1-3-14-10-11-8-5-4-7(13-2)6-9(8)12-10/h4-6H,3H2,1-2H3,(H,11,12)/i/hD. The predicted octanol–water partition coefficient (Wildman–Crippen LogP) is 1.97. The van der Waals surface area contributed by atoms with E-state index in [0.29, 0.717) is 23.9 Å². The molecule has 4 nitrogen and oxygen atoms in total. The van der Waals surface area contributed by atoms with Crippen molar-refractivity contribution < 1.29 is 10.9 Å². The van der Waals surface area contributed by atoms with Crippen molar-refractivity contribution in [3.8, 4) is 11.8 Å². The molecule has 2 rings (SSSR count). The van der Waals surface area contributed by atoms with Crippen molar-refractivity contribution in [1.29, 1.82) is 0 Å². The molecule has 1 N–H and O–H groups in total. The van der Waals surface area contributed by atoms with E-state index in [9.17, 15) is 0 Å². The van der Waals surface area contributed by atoms with Crippen LogP contribution in [0, 0.1) is 0 Å². The molecule has 0 bridgehead atoms. The molecule has 14 heavy (non-hydrogen) atoms. The van der Waals surface area contributed by atoms with Gasteiger partial charge in [0, 0.05) is 6.07 Å². The zero-order valence-electron chi connectivity index (χ0n) is 9.15. The van der Waals surface area contributed by atoms with Crippen LogP contribution in [0.15, 0.2) is 18.2 Å². The van der Waals surface area contributed by atoms with Crippen LogP contribution in [-0.2, 0) is 0 Å². The summed E-state index contributed by atoms with van der Waals surface area (Å²) in [5.74, 6) is 0.707. The Kier molecular flexibility index (Phi) is 1.96. The SMILES string of the molecule is [2H]n1c(OCC)nc2ccc(OC)cc21. The fraction of sp³-hybridized carbons (Fsp3) is 0.300. The summed E-state index contributed by atoms with van der Waals surface area (Å²) < 4.78 is 18.1. The molecular formula is C10H12N2O2. The smallest absolute Gasteiger partial charge is 0.294 e. The van der Waals surface area contributed by atoms with Crippen LogP contribution >= 0.6 is 0 Å². The Morgan fingerprint density at radius 3 is 3.14 bits per heavy atom. The number of hydrogen-bond acceptors (Lipinski definition) is 3. The van der Waals surface area contributed by atoms with Gasteiger partial charge in [0.1, 0.15) is 5.75 Å². The van der Waals surface area contributed by atoms with Gasteiger partial charge in [-0.3, -0.25) is 0 Å². The fourth-order valence-corrected chi connectivity index (χ4v) is 1.24. The molecule has 0 aliphatic carbocycles. The van der Waals surface area contributed by atoms with Crippen LogP contribution in [0.5, 0.6) is 11.8 Å². The highest BCUT2D eigenvalue weighted by atomic mass is 16.5. The summed E-state index contributed by atoms with van der Waals surface area (Å²) in [4.78, 5) is 5.34. The fourth-order valence-electron chi connectivity index (χ4n) is 1.24. The van der Waals surface area contributed by atoms with Crippen molar-refractivity contribution in [2.75, 3.05) is 13.7 Å². The number of hydrogen-bond donors (Lipinski definition) is 1. The van der Waals surface area contributed by atoms with E-state index in [1.807, 2.05) is 19.1 Å². The Morgan fingerprint density at radius 1 is 1.57 bits per heavy atom. The van der Waals surface area contributed by atoms with Gasteiger partial charge in [-0.15, -0.1) is 0 Å². The number of aromatic nitrogens is 2. The Bertz CT molecular complexity index is 481. The molecule has 2 aromatic rings. The maximum atomic E-state index is 7.77. The highest BCUT2D eigenvalue weighted by molar-refractivity contribution is 5.77. The number of H-pyrrole nitrogens is 1. The van der Waals surface area contributed by atoms with Crippen LogP contribution in [0.3, 0.4) is 0 Å². The minimum Gasteiger partial charge on any atom is -0.497 e. The third-order valence-corrected chi connectivity index (χ3v) is 1.89. The van der Waals surface area contributed by atoms with Gasteiger partial charge in [-0.2, -0.15) is 4.98 Å². The van der Waals surface area contributed by atoms with E-state index in [0.717, 1.165) is 5.52 Å². The van der Waals surface area contributed by atoms with E-state index in [1.54, 1.807) is 13.2 Å². The maximum Gasteiger partial charge on any atom is 0.294 e. The number of methoxy groups -OCH3 is 1. The molecule has 0 aliphatic heterocycles. The van der Waals surface area contributed by atoms with Gasteiger partial charge in [-0.1, -0.05) is 0 Å². The number of rotatable bonds is 3. The lowest BCUT2D eigenvalue weighted by atomic mass is 10.3. The van der Waals surface area contributed by atoms with E-state index >= 15 is 0 Å². The topological polar surface area (TPSA) is 47.1 Å². The number of nitrogens with zero attached hydrogens (tertiary/aromatic N) is 1. The van der Waals surface area contributed by atoms with Crippen molar-refractivity contribution in [2.24, 2.45) is 0 Å². The van der Waals surface area contributed by atoms with Gasteiger partial charge in [-0.25, -0.2) is 0 Å². The van der Waals surface area contributed by atoms with E-state index in [1.165, 1.54) is 4.98 Å². The molecule has 0 amide bonds. The second kappa shape index (κ2) is 3.57. The Labute approximate surface area is 83.3 Å². The summed E-state index contributed by atoms with van der Waals surface area (Å²) in [6.07, 6.45) is 0. The lowest BCUT2D eigenvalue weighted by Gasteiger charge is -1.96. The predicted molar refractivity (Wildman–Crippen MR) is 53.8 cm³/mol. The maximum absolute atomic E-state index is 7.77. The lowest BCUT2D eigenvalue weighted by Crippen LogP contribution is -1.92. The average molecular weight is 193 g/mol. The first-order chi connectivity index (χ1) is 7.26. The molecule has 1 aromatic heterocycles. The monoisotopic (exact) mass is 193 g/mol. The zero-order valence-corrected chi connectivity index (χ0v) is 8.15. The number of aromatic amines is 1.